The van der Waals surface area contributed by atoms with Gasteiger partial charge in [0, 0.05) is 19.1 Å². The van der Waals surface area contributed by atoms with Gasteiger partial charge < -0.3 is 15.5 Å². The summed E-state index contributed by atoms with van der Waals surface area (Å²) < 4.78 is 0. The van der Waals surface area contributed by atoms with Crippen LogP contribution in [0.5, 0.6) is 0 Å². The van der Waals surface area contributed by atoms with Gasteiger partial charge in [-0.15, -0.1) is 0 Å². The van der Waals surface area contributed by atoms with Gasteiger partial charge in [0.1, 0.15) is 0 Å². The van der Waals surface area contributed by atoms with Gasteiger partial charge in [0.15, 0.2) is 0 Å². The molecule has 17 heavy (non-hydrogen) atoms. The van der Waals surface area contributed by atoms with Gasteiger partial charge in [-0.1, -0.05) is 20.8 Å². The lowest BCUT2D eigenvalue weighted by Gasteiger charge is -2.33. The molecule has 1 aliphatic rings. The minimum absolute atomic E-state index is 0.127. The first-order valence-electron chi connectivity index (χ1n) is 6.72. The van der Waals surface area contributed by atoms with E-state index in [-0.39, 0.29) is 17.9 Å². The highest BCUT2D eigenvalue weighted by Gasteiger charge is 2.30. The number of carbonyl (C=O) groups is 1. The first-order chi connectivity index (χ1) is 7.97. The fourth-order valence-corrected chi connectivity index (χ4v) is 2.36. The Morgan fingerprint density at radius 1 is 1.41 bits per heavy atom. The van der Waals surface area contributed by atoms with E-state index in [1.54, 1.807) is 0 Å². The number of amides is 1. The minimum Gasteiger partial charge on any atom is -0.337 e. The van der Waals surface area contributed by atoms with Gasteiger partial charge in [-0.05, 0) is 32.4 Å². The molecule has 4 heteroatoms. The normalized spacial score (nSPS) is 24.8. The molecule has 0 radical (unpaired) electrons. The number of likely N-dealkylation sites (N-methyl/N-ethyl adjacent to an activating group) is 1. The third-order valence-electron chi connectivity index (χ3n) is 3.66. The first kappa shape index (κ1) is 14.5. The molecule has 4 nitrogen and oxygen atoms in total. The molecule has 1 unspecified atom stereocenters. The summed E-state index contributed by atoms with van der Waals surface area (Å²) in [5.41, 5.74) is 5.99. The standard InChI is InChI=1S/C13H27N3O/c1-5-11-9-15(4)7-6-8-16(11)13(17)12(14)10(2)3/h10-12H,5-9,14H2,1-4H3/t11?,12-/m1/s1. The zero-order valence-corrected chi connectivity index (χ0v) is 11.6. The van der Waals surface area contributed by atoms with Crippen LogP contribution in [0.1, 0.15) is 33.6 Å². The summed E-state index contributed by atoms with van der Waals surface area (Å²) in [6.07, 6.45) is 2.05. The zero-order chi connectivity index (χ0) is 13.0. The quantitative estimate of drug-likeness (QED) is 0.799. The highest BCUT2D eigenvalue weighted by Crippen LogP contribution is 2.15. The fraction of sp³-hybridized carbons (Fsp3) is 0.923. The Hall–Kier alpha value is -0.610. The molecule has 1 amide bonds. The Morgan fingerprint density at radius 3 is 2.59 bits per heavy atom. The van der Waals surface area contributed by atoms with Crippen molar-refractivity contribution >= 4 is 5.91 Å². The topological polar surface area (TPSA) is 49.6 Å². The summed E-state index contributed by atoms with van der Waals surface area (Å²) in [6, 6.07) is -0.0349. The van der Waals surface area contributed by atoms with E-state index in [9.17, 15) is 4.79 Å². The van der Waals surface area contributed by atoms with Crippen molar-refractivity contribution < 1.29 is 4.79 Å². The van der Waals surface area contributed by atoms with E-state index < -0.39 is 0 Å². The van der Waals surface area contributed by atoms with Gasteiger partial charge in [0.25, 0.3) is 0 Å². The Kier molecular flexibility index (Phi) is 5.40. The van der Waals surface area contributed by atoms with Crippen molar-refractivity contribution in [2.75, 3.05) is 26.7 Å². The van der Waals surface area contributed by atoms with Gasteiger partial charge in [0.2, 0.25) is 5.91 Å². The predicted octanol–water partition coefficient (Wildman–Crippen LogP) is 0.912. The molecule has 0 aliphatic carbocycles. The van der Waals surface area contributed by atoms with Crippen LogP contribution in [0.3, 0.4) is 0 Å². The summed E-state index contributed by atoms with van der Waals surface area (Å²) >= 11 is 0. The molecule has 2 N–H and O–H groups in total. The third-order valence-corrected chi connectivity index (χ3v) is 3.66. The number of carbonyl (C=O) groups excluding carboxylic acids is 1. The van der Waals surface area contributed by atoms with Crippen molar-refractivity contribution in [1.82, 2.24) is 9.80 Å². The van der Waals surface area contributed by atoms with Crippen molar-refractivity contribution in [3.63, 3.8) is 0 Å². The Labute approximate surface area is 105 Å². The van der Waals surface area contributed by atoms with Gasteiger partial charge in [-0.25, -0.2) is 0 Å². The van der Waals surface area contributed by atoms with Crippen LogP contribution in [0.2, 0.25) is 0 Å². The molecule has 0 saturated carbocycles. The Bertz CT molecular complexity index is 255. The maximum atomic E-state index is 12.4. The molecule has 1 heterocycles. The lowest BCUT2D eigenvalue weighted by molar-refractivity contribution is -0.135. The van der Waals surface area contributed by atoms with E-state index in [0.29, 0.717) is 6.04 Å². The molecule has 1 saturated heterocycles. The highest BCUT2D eigenvalue weighted by atomic mass is 16.2. The van der Waals surface area contributed by atoms with Gasteiger partial charge in [0.05, 0.1) is 6.04 Å². The maximum Gasteiger partial charge on any atom is 0.240 e. The second-order valence-electron chi connectivity index (χ2n) is 5.48. The van der Waals surface area contributed by atoms with Crippen molar-refractivity contribution in [2.45, 2.75) is 45.7 Å². The largest absolute Gasteiger partial charge is 0.337 e. The number of nitrogens with zero attached hydrogens (tertiary/aromatic N) is 2. The first-order valence-corrected chi connectivity index (χ1v) is 6.72. The molecular weight excluding hydrogens is 214 g/mol. The molecule has 0 bridgehead atoms. The van der Waals surface area contributed by atoms with Crippen molar-refractivity contribution in [1.29, 1.82) is 0 Å². The van der Waals surface area contributed by atoms with Crippen LogP contribution in [0.25, 0.3) is 0 Å². The summed E-state index contributed by atoms with van der Waals surface area (Å²) in [7, 11) is 2.12. The number of hydrogen-bond acceptors (Lipinski definition) is 3. The maximum absolute atomic E-state index is 12.4. The van der Waals surface area contributed by atoms with Crippen LogP contribution in [0.15, 0.2) is 0 Å². The lowest BCUT2D eigenvalue weighted by Crippen LogP contribution is -2.52. The van der Waals surface area contributed by atoms with Gasteiger partial charge >= 0.3 is 0 Å². The van der Waals surface area contributed by atoms with E-state index >= 15 is 0 Å². The van der Waals surface area contributed by atoms with E-state index in [0.717, 1.165) is 32.5 Å². The molecule has 0 aromatic carbocycles. The smallest absolute Gasteiger partial charge is 0.240 e. The van der Waals surface area contributed by atoms with Gasteiger partial charge in [-0.3, -0.25) is 4.79 Å². The van der Waals surface area contributed by atoms with Crippen LogP contribution in [-0.4, -0.2) is 54.5 Å². The minimum atomic E-state index is -0.354. The van der Waals surface area contributed by atoms with Gasteiger partial charge in [-0.2, -0.15) is 0 Å². The number of rotatable bonds is 3. The van der Waals surface area contributed by atoms with Crippen LogP contribution >= 0.6 is 0 Å². The summed E-state index contributed by atoms with van der Waals surface area (Å²) in [6.45, 7) is 9.04. The van der Waals surface area contributed by atoms with Crippen LogP contribution in [0, 0.1) is 5.92 Å². The fourth-order valence-electron chi connectivity index (χ4n) is 2.36. The molecule has 1 rings (SSSR count). The van der Waals surface area contributed by atoms with E-state index in [4.69, 9.17) is 5.73 Å². The highest BCUT2D eigenvalue weighted by molar-refractivity contribution is 5.82. The molecule has 2 atom stereocenters. The average Bonchev–Trinajstić information content (AvgIpc) is 2.48. The second kappa shape index (κ2) is 6.36. The third kappa shape index (κ3) is 3.68. The summed E-state index contributed by atoms with van der Waals surface area (Å²) in [4.78, 5) is 16.7. The summed E-state index contributed by atoms with van der Waals surface area (Å²) in [5.74, 6) is 0.336. The monoisotopic (exact) mass is 241 g/mol. The van der Waals surface area contributed by atoms with Crippen molar-refractivity contribution in [3.8, 4) is 0 Å². The Balaban J connectivity index is 2.74. The summed E-state index contributed by atoms with van der Waals surface area (Å²) in [5, 5.41) is 0. The number of nitrogens with two attached hydrogens (primary N) is 1. The second-order valence-corrected chi connectivity index (χ2v) is 5.48. The molecule has 1 aliphatic heterocycles. The molecule has 0 spiro atoms. The Morgan fingerprint density at radius 2 is 2.06 bits per heavy atom. The zero-order valence-electron chi connectivity index (χ0n) is 11.6. The van der Waals surface area contributed by atoms with E-state index in [1.165, 1.54) is 0 Å². The lowest BCUT2D eigenvalue weighted by atomic mass is 10.0. The predicted molar refractivity (Wildman–Crippen MR) is 70.7 cm³/mol. The van der Waals surface area contributed by atoms with Crippen molar-refractivity contribution in [2.24, 2.45) is 11.7 Å². The molecule has 1 fully saturated rings. The van der Waals surface area contributed by atoms with E-state index in [2.05, 4.69) is 18.9 Å². The average molecular weight is 241 g/mol. The SMILES string of the molecule is CCC1CN(C)CCCN1C(=O)[C@H](N)C(C)C. The van der Waals surface area contributed by atoms with Crippen molar-refractivity contribution in [3.05, 3.63) is 0 Å². The molecule has 0 aromatic heterocycles. The van der Waals surface area contributed by atoms with E-state index in [1.807, 2.05) is 18.7 Å². The van der Waals surface area contributed by atoms with Crippen LogP contribution < -0.4 is 5.73 Å². The van der Waals surface area contributed by atoms with Crippen LogP contribution in [0.4, 0.5) is 0 Å². The van der Waals surface area contributed by atoms with Crippen LogP contribution in [-0.2, 0) is 4.79 Å². The molecule has 0 aromatic rings. The molecular formula is C13H27N3O. The molecule has 100 valence electrons. The number of hydrogen-bond donors (Lipinski definition) is 1.